The third kappa shape index (κ3) is 1.24. The van der Waals surface area contributed by atoms with Crippen LogP contribution in [0.5, 0.6) is 0 Å². The van der Waals surface area contributed by atoms with Gasteiger partial charge in [0, 0.05) is 17.0 Å². The maximum atomic E-state index is 5.49. The van der Waals surface area contributed by atoms with Gasteiger partial charge in [-0.1, -0.05) is 11.3 Å². The maximum Gasteiger partial charge on any atom is 0.216 e. The molecule has 0 aliphatic carbocycles. The van der Waals surface area contributed by atoms with E-state index in [-0.39, 0.29) is 0 Å². The van der Waals surface area contributed by atoms with E-state index in [0.717, 1.165) is 17.2 Å². The minimum absolute atomic E-state index is 0.620. The Bertz CT molecular complexity index is 428. The highest BCUT2D eigenvalue weighted by molar-refractivity contribution is 7.17. The molecule has 2 aromatic heterocycles. The summed E-state index contributed by atoms with van der Waals surface area (Å²) in [5.41, 5.74) is 6.72. The third-order valence-electron chi connectivity index (χ3n) is 2.16. The van der Waals surface area contributed by atoms with Crippen LogP contribution in [0.25, 0.3) is 4.96 Å². The number of fused-ring (bicyclic) bond motifs is 1. The molecule has 2 N–H and O–H groups in total. The number of thiazole rings is 1. The molecule has 0 spiro atoms. The van der Waals surface area contributed by atoms with E-state index in [1.807, 2.05) is 0 Å². The molecule has 70 valence electrons. The number of hydrogen-bond acceptors (Lipinski definition) is 4. The van der Waals surface area contributed by atoms with E-state index in [0.29, 0.717) is 6.54 Å². The molecule has 2 aromatic rings. The molecule has 0 saturated carbocycles. The fourth-order valence-electron chi connectivity index (χ4n) is 1.36. The van der Waals surface area contributed by atoms with Crippen molar-refractivity contribution in [1.82, 2.24) is 14.6 Å². The number of hydrogen-bond donors (Lipinski definition) is 1. The Morgan fingerprint density at radius 1 is 1.38 bits per heavy atom. The van der Waals surface area contributed by atoms with Gasteiger partial charge in [0.25, 0.3) is 0 Å². The molecule has 0 aromatic carbocycles. The van der Waals surface area contributed by atoms with Gasteiger partial charge in [-0.15, -0.1) is 10.2 Å². The van der Waals surface area contributed by atoms with Crippen molar-refractivity contribution in [3.63, 3.8) is 0 Å². The van der Waals surface area contributed by atoms with Crippen LogP contribution in [-0.2, 0) is 6.42 Å². The van der Waals surface area contributed by atoms with Crippen molar-refractivity contribution in [2.75, 3.05) is 6.54 Å². The SMILES string of the molecule is Cc1sc2nnc(CCN)n2c1C. The minimum atomic E-state index is 0.620. The van der Waals surface area contributed by atoms with Gasteiger partial charge in [-0.2, -0.15) is 0 Å². The summed E-state index contributed by atoms with van der Waals surface area (Å²) in [5.74, 6) is 0.972. The van der Waals surface area contributed by atoms with E-state index in [9.17, 15) is 0 Å². The summed E-state index contributed by atoms with van der Waals surface area (Å²) in [5, 5.41) is 8.19. The largest absolute Gasteiger partial charge is 0.330 e. The lowest BCUT2D eigenvalue weighted by Gasteiger charge is -1.96. The van der Waals surface area contributed by atoms with Crippen LogP contribution >= 0.6 is 11.3 Å². The smallest absolute Gasteiger partial charge is 0.216 e. The summed E-state index contributed by atoms with van der Waals surface area (Å²) < 4.78 is 2.09. The third-order valence-corrected chi connectivity index (χ3v) is 3.21. The van der Waals surface area contributed by atoms with E-state index in [4.69, 9.17) is 5.73 Å². The van der Waals surface area contributed by atoms with Gasteiger partial charge in [-0.05, 0) is 20.4 Å². The zero-order valence-corrected chi connectivity index (χ0v) is 8.56. The second-order valence-corrected chi connectivity index (χ2v) is 4.20. The lowest BCUT2D eigenvalue weighted by atomic mass is 10.4. The number of rotatable bonds is 2. The molecule has 2 rings (SSSR count). The molecule has 0 amide bonds. The molecule has 0 saturated heterocycles. The van der Waals surface area contributed by atoms with Gasteiger partial charge in [0.15, 0.2) is 0 Å². The summed E-state index contributed by atoms with van der Waals surface area (Å²) in [4.78, 5) is 2.27. The highest BCUT2D eigenvalue weighted by atomic mass is 32.1. The average molecular weight is 196 g/mol. The summed E-state index contributed by atoms with van der Waals surface area (Å²) in [6.07, 6.45) is 0.790. The molecule has 0 aliphatic rings. The Morgan fingerprint density at radius 2 is 2.15 bits per heavy atom. The first kappa shape index (κ1) is 8.65. The van der Waals surface area contributed by atoms with Crippen LogP contribution in [0.4, 0.5) is 0 Å². The number of nitrogens with zero attached hydrogens (tertiary/aromatic N) is 3. The summed E-state index contributed by atoms with van der Waals surface area (Å²) >= 11 is 1.67. The van der Waals surface area contributed by atoms with Gasteiger partial charge in [0.05, 0.1) is 0 Å². The van der Waals surface area contributed by atoms with E-state index >= 15 is 0 Å². The molecule has 0 unspecified atom stereocenters. The lowest BCUT2D eigenvalue weighted by molar-refractivity contribution is 0.838. The van der Waals surface area contributed by atoms with Crippen LogP contribution in [0, 0.1) is 13.8 Å². The van der Waals surface area contributed by atoms with E-state index < -0.39 is 0 Å². The van der Waals surface area contributed by atoms with E-state index in [1.54, 1.807) is 11.3 Å². The van der Waals surface area contributed by atoms with Gasteiger partial charge in [-0.25, -0.2) is 0 Å². The Kier molecular flexibility index (Phi) is 2.05. The Labute approximate surface area is 80.4 Å². The lowest BCUT2D eigenvalue weighted by Crippen LogP contribution is -2.06. The molecule has 0 fully saturated rings. The standard InChI is InChI=1S/C8H12N4S/c1-5-6(2)13-8-11-10-7(3-4-9)12(5)8/h3-4,9H2,1-2H3. The molecule has 0 bridgehead atoms. The molecule has 4 nitrogen and oxygen atoms in total. The van der Waals surface area contributed by atoms with Crippen molar-refractivity contribution in [3.8, 4) is 0 Å². The first-order valence-electron chi connectivity index (χ1n) is 4.24. The van der Waals surface area contributed by atoms with Crippen LogP contribution in [0.3, 0.4) is 0 Å². The molecule has 5 heteroatoms. The van der Waals surface area contributed by atoms with Gasteiger partial charge >= 0.3 is 0 Å². The molecule has 13 heavy (non-hydrogen) atoms. The molecule has 0 atom stereocenters. The van der Waals surface area contributed by atoms with Crippen molar-refractivity contribution in [1.29, 1.82) is 0 Å². The van der Waals surface area contributed by atoms with Gasteiger partial charge in [-0.3, -0.25) is 4.40 Å². The highest BCUT2D eigenvalue weighted by Crippen LogP contribution is 2.21. The quantitative estimate of drug-likeness (QED) is 0.776. The molecular weight excluding hydrogens is 184 g/mol. The maximum absolute atomic E-state index is 5.49. The van der Waals surface area contributed by atoms with Crippen molar-refractivity contribution in [2.45, 2.75) is 20.3 Å². The highest BCUT2D eigenvalue weighted by Gasteiger charge is 2.10. The number of nitrogens with two attached hydrogens (primary N) is 1. The summed E-state index contributed by atoms with van der Waals surface area (Å²) in [6, 6.07) is 0. The minimum Gasteiger partial charge on any atom is -0.330 e. The van der Waals surface area contributed by atoms with Crippen molar-refractivity contribution >= 4 is 16.3 Å². The van der Waals surface area contributed by atoms with Crippen molar-refractivity contribution in [2.24, 2.45) is 5.73 Å². The normalized spacial score (nSPS) is 11.3. The molecule has 0 radical (unpaired) electrons. The second kappa shape index (κ2) is 3.08. The van der Waals surface area contributed by atoms with Crippen LogP contribution in [0.15, 0.2) is 0 Å². The van der Waals surface area contributed by atoms with Crippen LogP contribution < -0.4 is 5.73 Å². The fraction of sp³-hybridized carbons (Fsp3) is 0.500. The summed E-state index contributed by atoms with van der Waals surface area (Å²) in [7, 11) is 0. The molecule has 0 aliphatic heterocycles. The van der Waals surface area contributed by atoms with Gasteiger partial charge in [0.2, 0.25) is 4.96 Å². The first-order valence-corrected chi connectivity index (χ1v) is 5.05. The second-order valence-electron chi connectivity index (χ2n) is 3.02. The Balaban J connectivity index is 2.63. The van der Waals surface area contributed by atoms with Gasteiger partial charge in [0.1, 0.15) is 5.82 Å². The van der Waals surface area contributed by atoms with Crippen LogP contribution in [0.2, 0.25) is 0 Å². The van der Waals surface area contributed by atoms with Crippen LogP contribution in [0.1, 0.15) is 16.4 Å². The molecule has 2 heterocycles. The van der Waals surface area contributed by atoms with Crippen molar-refractivity contribution in [3.05, 3.63) is 16.4 Å². The van der Waals surface area contributed by atoms with Gasteiger partial charge < -0.3 is 5.73 Å². The molecular formula is C8H12N4S. The fourth-order valence-corrected chi connectivity index (χ4v) is 2.29. The Morgan fingerprint density at radius 3 is 2.85 bits per heavy atom. The monoisotopic (exact) mass is 196 g/mol. The number of aromatic nitrogens is 3. The Hall–Kier alpha value is -0.940. The van der Waals surface area contributed by atoms with Crippen LogP contribution in [-0.4, -0.2) is 21.1 Å². The zero-order chi connectivity index (χ0) is 9.42. The zero-order valence-electron chi connectivity index (χ0n) is 7.74. The summed E-state index contributed by atoms with van der Waals surface area (Å²) in [6.45, 7) is 4.80. The first-order chi connectivity index (χ1) is 6.24. The predicted molar refractivity (Wildman–Crippen MR) is 53.1 cm³/mol. The van der Waals surface area contributed by atoms with E-state index in [2.05, 4.69) is 28.4 Å². The van der Waals surface area contributed by atoms with Crippen molar-refractivity contribution < 1.29 is 0 Å². The van der Waals surface area contributed by atoms with E-state index in [1.165, 1.54) is 10.6 Å². The average Bonchev–Trinajstić information content (AvgIpc) is 2.58. The predicted octanol–water partition coefficient (Wildman–Crippen LogP) is 0.909. The number of aryl methyl sites for hydroxylation is 2. The topological polar surface area (TPSA) is 56.2 Å².